The summed E-state index contributed by atoms with van der Waals surface area (Å²) in [6.07, 6.45) is 1.01. The zero-order valence-electron chi connectivity index (χ0n) is 16.0. The Morgan fingerprint density at radius 1 is 1.07 bits per heavy atom. The number of hydrazine groups is 1. The molecule has 2 heterocycles. The number of carbonyl (C=O) groups is 2. The molecule has 2 N–H and O–H groups in total. The number of para-hydroxylation sites is 2. The number of ether oxygens (including phenoxy) is 2. The Balaban J connectivity index is 1.40. The summed E-state index contributed by atoms with van der Waals surface area (Å²) in [4.78, 5) is 37.6. The fourth-order valence-electron chi connectivity index (χ4n) is 3.46. The normalized spacial score (nSPS) is 17.3. The summed E-state index contributed by atoms with van der Waals surface area (Å²) in [5.41, 5.74) is 4.96. The molecule has 30 heavy (non-hydrogen) atoms. The molecule has 0 aromatic heterocycles. The average Bonchev–Trinajstić information content (AvgIpc) is 3.31. The van der Waals surface area contributed by atoms with Gasteiger partial charge in [0.1, 0.15) is 12.3 Å². The van der Waals surface area contributed by atoms with Crippen LogP contribution in [-0.4, -0.2) is 42.5 Å². The highest BCUT2D eigenvalue weighted by Crippen LogP contribution is 2.32. The lowest BCUT2D eigenvalue weighted by molar-refractivity contribution is -0.384. The largest absolute Gasteiger partial charge is 0.485 e. The average molecular weight is 412 g/mol. The number of nitro groups is 1. The van der Waals surface area contributed by atoms with Crippen LogP contribution in [-0.2, 0) is 4.79 Å². The van der Waals surface area contributed by atoms with Crippen LogP contribution in [0, 0.1) is 10.1 Å². The Morgan fingerprint density at radius 3 is 2.53 bits per heavy atom. The maximum Gasteiger partial charge on any atom is 0.293 e. The van der Waals surface area contributed by atoms with Gasteiger partial charge in [0.2, 0.25) is 6.10 Å². The van der Waals surface area contributed by atoms with Crippen LogP contribution in [0.4, 0.5) is 11.4 Å². The number of benzene rings is 2. The molecular weight excluding hydrogens is 392 g/mol. The lowest BCUT2D eigenvalue weighted by atomic mass is 10.1. The lowest BCUT2D eigenvalue weighted by Gasteiger charge is -2.25. The third-order valence-electron chi connectivity index (χ3n) is 4.98. The molecule has 2 amide bonds. The van der Waals surface area contributed by atoms with Crippen LogP contribution >= 0.6 is 0 Å². The number of fused-ring (bicyclic) bond motifs is 1. The number of nitrogens with zero attached hydrogens (tertiary/aromatic N) is 2. The second kappa shape index (κ2) is 8.27. The van der Waals surface area contributed by atoms with E-state index in [-0.39, 0.29) is 17.9 Å². The molecule has 0 unspecified atom stereocenters. The van der Waals surface area contributed by atoms with E-state index >= 15 is 0 Å². The summed E-state index contributed by atoms with van der Waals surface area (Å²) in [5, 5.41) is 11.5. The SMILES string of the molecule is O=C(NNC(=O)[C@H]1COc2ccccc2O1)c1ccc(N2CCCC2)c([N+](=O)[O-])c1. The van der Waals surface area contributed by atoms with Crippen LogP contribution in [0.25, 0.3) is 0 Å². The van der Waals surface area contributed by atoms with Gasteiger partial charge in [0.25, 0.3) is 17.5 Å². The minimum absolute atomic E-state index is 0.00524. The standard InChI is InChI=1S/C20H20N4O6/c25-19(13-7-8-14(15(11-13)24(27)28)23-9-3-4-10-23)21-22-20(26)18-12-29-16-5-1-2-6-17(16)30-18/h1-2,5-8,11,18H,3-4,9-10,12H2,(H,21,25)(H,22,26)/t18-/m1/s1. The minimum Gasteiger partial charge on any atom is -0.485 e. The van der Waals surface area contributed by atoms with E-state index in [0.717, 1.165) is 25.9 Å². The molecule has 1 fully saturated rings. The van der Waals surface area contributed by atoms with Crippen molar-refractivity contribution < 1.29 is 24.0 Å². The molecule has 0 radical (unpaired) electrons. The molecule has 156 valence electrons. The predicted octanol–water partition coefficient (Wildman–Crippen LogP) is 1.80. The van der Waals surface area contributed by atoms with Crippen molar-refractivity contribution >= 4 is 23.2 Å². The van der Waals surface area contributed by atoms with E-state index < -0.39 is 22.8 Å². The molecular formula is C20H20N4O6. The fourth-order valence-corrected chi connectivity index (χ4v) is 3.46. The van der Waals surface area contributed by atoms with Gasteiger partial charge >= 0.3 is 0 Å². The molecule has 0 spiro atoms. The van der Waals surface area contributed by atoms with Gasteiger partial charge in [0.15, 0.2) is 11.5 Å². The first-order valence-corrected chi connectivity index (χ1v) is 9.55. The van der Waals surface area contributed by atoms with Crippen molar-refractivity contribution in [1.82, 2.24) is 10.9 Å². The molecule has 2 aliphatic heterocycles. The molecule has 10 nitrogen and oxygen atoms in total. The van der Waals surface area contributed by atoms with Gasteiger partial charge in [-0.3, -0.25) is 30.6 Å². The van der Waals surface area contributed by atoms with Crippen LogP contribution in [0.3, 0.4) is 0 Å². The van der Waals surface area contributed by atoms with E-state index in [1.54, 1.807) is 30.3 Å². The summed E-state index contributed by atoms with van der Waals surface area (Å²) in [6.45, 7) is 1.48. The van der Waals surface area contributed by atoms with Crippen LogP contribution < -0.4 is 25.2 Å². The van der Waals surface area contributed by atoms with E-state index in [9.17, 15) is 19.7 Å². The van der Waals surface area contributed by atoms with Gasteiger partial charge in [0, 0.05) is 24.7 Å². The van der Waals surface area contributed by atoms with Gasteiger partial charge in [-0.05, 0) is 37.1 Å². The van der Waals surface area contributed by atoms with Gasteiger partial charge in [0.05, 0.1) is 4.92 Å². The zero-order valence-corrected chi connectivity index (χ0v) is 16.0. The predicted molar refractivity (Wildman–Crippen MR) is 107 cm³/mol. The van der Waals surface area contributed by atoms with Crippen molar-refractivity contribution in [3.05, 3.63) is 58.1 Å². The van der Waals surface area contributed by atoms with E-state index in [4.69, 9.17) is 9.47 Å². The van der Waals surface area contributed by atoms with Crippen LogP contribution in [0.1, 0.15) is 23.2 Å². The molecule has 4 rings (SSSR count). The maximum absolute atomic E-state index is 12.4. The molecule has 2 aromatic carbocycles. The first kappa shape index (κ1) is 19.5. The Kier molecular flexibility index (Phi) is 5.38. The molecule has 0 aliphatic carbocycles. The van der Waals surface area contributed by atoms with E-state index in [0.29, 0.717) is 17.2 Å². The summed E-state index contributed by atoms with van der Waals surface area (Å²) in [7, 11) is 0. The molecule has 2 aliphatic rings. The summed E-state index contributed by atoms with van der Waals surface area (Å²) in [6, 6.07) is 11.2. The van der Waals surface area contributed by atoms with Gasteiger partial charge in [-0.1, -0.05) is 12.1 Å². The summed E-state index contributed by atoms with van der Waals surface area (Å²) in [5.74, 6) is -0.295. The van der Waals surface area contributed by atoms with Gasteiger partial charge in [-0.25, -0.2) is 0 Å². The van der Waals surface area contributed by atoms with Crippen molar-refractivity contribution in [2.75, 3.05) is 24.6 Å². The third kappa shape index (κ3) is 3.97. The van der Waals surface area contributed by atoms with E-state index in [2.05, 4.69) is 10.9 Å². The van der Waals surface area contributed by atoms with Crippen LogP contribution in [0.5, 0.6) is 11.5 Å². The Labute approximate surface area is 171 Å². The number of nitrogens with one attached hydrogen (secondary N) is 2. The number of rotatable bonds is 4. The highest BCUT2D eigenvalue weighted by molar-refractivity contribution is 5.97. The fraction of sp³-hybridized carbons (Fsp3) is 0.300. The molecule has 1 saturated heterocycles. The Bertz CT molecular complexity index is 989. The Morgan fingerprint density at radius 2 is 1.80 bits per heavy atom. The second-order valence-electron chi connectivity index (χ2n) is 6.96. The molecule has 0 bridgehead atoms. The minimum atomic E-state index is -0.938. The number of hydrogen-bond acceptors (Lipinski definition) is 7. The second-order valence-corrected chi connectivity index (χ2v) is 6.96. The molecule has 2 aromatic rings. The smallest absolute Gasteiger partial charge is 0.293 e. The molecule has 0 saturated carbocycles. The number of amides is 2. The quantitative estimate of drug-likeness (QED) is 0.580. The summed E-state index contributed by atoms with van der Waals surface area (Å²) < 4.78 is 11.0. The van der Waals surface area contributed by atoms with Crippen molar-refractivity contribution in [2.45, 2.75) is 18.9 Å². The van der Waals surface area contributed by atoms with Gasteiger partial charge < -0.3 is 14.4 Å². The van der Waals surface area contributed by atoms with Crippen molar-refractivity contribution in [1.29, 1.82) is 0 Å². The highest BCUT2D eigenvalue weighted by Gasteiger charge is 2.28. The maximum atomic E-state index is 12.4. The Hall–Kier alpha value is -3.82. The van der Waals surface area contributed by atoms with Crippen molar-refractivity contribution in [2.24, 2.45) is 0 Å². The number of nitro benzene ring substituents is 1. The van der Waals surface area contributed by atoms with Crippen molar-refractivity contribution in [3.8, 4) is 11.5 Å². The van der Waals surface area contributed by atoms with Crippen LogP contribution in [0.15, 0.2) is 42.5 Å². The first-order chi connectivity index (χ1) is 14.5. The topological polar surface area (TPSA) is 123 Å². The van der Waals surface area contributed by atoms with Crippen LogP contribution in [0.2, 0.25) is 0 Å². The van der Waals surface area contributed by atoms with Gasteiger partial charge in [-0.15, -0.1) is 0 Å². The number of anilines is 1. The monoisotopic (exact) mass is 412 g/mol. The number of carbonyl (C=O) groups excluding carboxylic acids is 2. The lowest BCUT2D eigenvalue weighted by Crippen LogP contribution is -2.50. The van der Waals surface area contributed by atoms with Gasteiger partial charge in [-0.2, -0.15) is 0 Å². The highest BCUT2D eigenvalue weighted by atomic mass is 16.6. The van der Waals surface area contributed by atoms with Crippen molar-refractivity contribution in [3.63, 3.8) is 0 Å². The molecule has 10 heteroatoms. The molecule has 1 atom stereocenters. The number of hydrogen-bond donors (Lipinski definition) is 2. The van der Waals surface area contributed by atoms with E-state index in [1.807, 2.05) is 4.90 Å². The first-order valence-electron chi connectivity index (χ1n) is 9.55. The zero-order chi connectivity index (χ0) is 21.1. The van der Waals surface area contributed by atoms with E-state index in [1.165, 1.54) is 12.1 Å². The summed E-state index contributed by atoms with van der Waals surface area (Å²) >= 11 is 0. The third-order valence-corrected chi connectivity index (χ3v) is 4.98.